The third-order valence-corrected chi connectivity index (χ3v) is 9.71. The summed E-state index contributed by atoms with van der Waals surface area (Å²) < 4.78 is 42.1. The SMILES string of the molecule is O=C1CCC(N2C(=O)c3cccc4c(Cc5cn(C6CCN(CC7(C(F)(F)F)CC7)CC6)nc5Cl)ccc2c34)C(=O)N1. The van der Waals surface area contributed by atoms with Gasteiger partial charge in [0, 0.05) is 55.2 Å². The predicted molar refractivity (Wildman–Crippen MR) is 149 cm³/mol. The Morgan fingerprint density at radius 2 is 1.79 bits per heavy atom. The number of alkyl halides is 3. The van der Waals surface area contributed by atoms with E-state index in [-0.39, 0.29) is 50.1 Å². The third-order valence-electron chi connectivity index (χ3n) is 9.39. The van der Waals surface area contributed by atoms with E-state index < -0.39 is 23.5 Å². The predicted octanol–water partition coefficient (Wildman–Crippen LogP) is 5.03. The van der Waals surface area contributed by atoms with Crippen LogP contribution >= 0.6 is 11.6 Å². The first-order valence-corrected chi connectivity index (χ1v) is 14.7. The Balaban J connectivity index is 1.09. The second-order valence-electron chi connectivity index (χ2n) is 12.0. The van der Waals surface area contributed by atoms with Gasteiger partial charge in [-0.25, -0.2) is 0 Å². The number of piperidine rings is 2. The van der Waals surface area contributed by atoms with Crippen LogP contribution in [0, 0.1) is 5.41 Å². The average molecular weight is 600 g/mol. The maximum absolute atomic E-state index is 13.4. The van der Waals surface area contributed by atoms with Gasteiger partial charge in [0.15, 0.2) is 5.15 Å². The van der Waals surface area contributed by atoms with Crippen molar-refractivity contribution in [1.82, 2.24) is 20.0 Å². The van der Waals surface area contributed by atoms with Crippen molar-refractivity contribution in [1.29, 1.82) is 0 Å². The third kappa shape index (κ3) is 4.48. The molecule has 2 aromatic carbocycles. The van der Waals surface area contributed by atoms with Crippen LogP contribution in [0.25, 0.3) is 10.8 Å². The van der Waals surface area contributed by atoms with E-state index in [1.165, 1.54) is 4.90 Å². The molecule has 4 aliphatic rings. The van der Waals surface area contributed by atoms with Gasteiger partial charge in [-0.05, 0) is 55.2 Å². The van der Waals surface area contributed by atoms with E-state index in [2.05, 4.69) is 10.4 Å². The summed E-state index contributed by atoms with van der Waals surface area (Å²) >= 11 is 6.59. The fraction of sp³-hybridized carbons (Fsp3) is 0.467. The minimum atomic E-state index is -4.15. The smallest absolute Gasteiger partial charge is 0.302 e. The summed E-state index contributed by atoms with van der Waals surface area (Å²) in [6.45, 7) is 1.24. The minimum Gasteiger partial charge on any atom is -0.302 e. The first-order valence-electron chi connectivity index (χ1n) is 14.3. The Morgan fingerprint density at radius 3 is 2.48 bits per heavy atom. The zero-order valence-electron chi connectivity index (χ0n) is 22.7. The van der Waals surface area contributed by atoms with Crippen molar-refractivity contribution in [3.8, 4) is 0 Å². The van der Waals surface area contributed by atoms with E-state index in [0.29, 0.717) is 48.8 Å². The van der Waals surface area contributed by atoms with Crippen molar-refractivity contribution in [2.75, 3.05) is 24.5 Å². The van der Waals surface area contributed by atoms with Gasteiger partial charge in [-0.2, -0.15) is 18.3 Å². The highest BCUT2D eigenvalue weighted by molar-refractivity contribution is 6.30. The Bertz CT molecular complexity index is 1620. The number of carbonyl (C=O) groups excluding carboxylic acids is 3. The van der Waals surface area contributed by atoms with E-state index in [1.807, 2.05) is 40.0 Å². The molecule has 3 fully saturated rings. The largest absolute Gasteiger partial charge is 0.395 e. The molecule has 1 unspecified atom stereocenters. The molecule has 4 heterocycles. The molecule has 12 heteroatoms. The van der Waals surface area contributed by atoms with Gasteiger partial charge in [-0.15, -0.1) is 0 Å². The number of hydrogen-bond acceptors (Lipinski definition) is 5. The Kier molecular flexibility index (Phi) is 6.40. The molecule has 42 heavy (non-hydrogen) atoms. The molecular formula is C30H29ClF3N5O3. The maximum Gasteiger partial charge on any atom is 0.395 e. The van der Waals surface area contributed by atoms with Gasteiger partial charge in [-0.3, -0.25) is 29.3 Å². The topological polar surface area (TPSA) is 87.5 Å². The van der Waals surface area contributed by atoms with Crippen molar-refractivity contribution >= 4 is 45.8 Å². The van der Waals surface area contributed by atoms with E-state index in [1.54, 1.807) is 6.07 Å². The molecule has 0 bridgehead atoms. The number of imide groups is 1. The molecule has 1 atom stereocenters. The Morgan fingerprint density at radius 1 is 1.02 bits per heavy atom. The number of anilines is 1. The fourth-order valence-electron chi connectivity index (χ4n) is 6.83. The van der Waals surface area contributed by atoms with Gasteiger partial charge < -0.3 is 4.90 Å². The number of halogens is 4. The first-order chi connectivity index (χ1) is 20.0. The van der Waals surface area contributed by atoms with Crippen LogP contribution in [0.15, 0.2) is 36.5 Å². The lowest BCUT2D eigenvalue weighted by atomic mass is 9.97. The molecule has 3 aromatic rings. The Hall–Kier alpha value is -3.44. The number of aromatic nitrogens is 2. The monoisotopic (exact) mass is 599 g/mol. The van der Waals surface area contributed by atoms with Gasteiger partial charge in [0.05, 0.1) is 17.1 Å². The summed E-state index contributed by atoms with van der Waals surface area (Å²) in [7, 11) is 0. The van der Waals surface area contributed by atoms with Crippen LogP contribution < -0.4 is 10.2 Å². The number of benzene rings is 2. The summed E-state index contributed by atoms with van der Waals surface area (Å²) in [5.74, 6) is -1.07. The Labute approximate surface area is 244 Å². The number of rotatable bonds is 6. The van der Waals surface area contributed by atoms with Crippen LogP contribution in [-0.2, 0) is 16.0 Å². The van der Waals surface area contributed by atoms with E-state index >= 15 is 0 Å². The highest BCUT2D eigenvalue weighted by Crippen LogP contribution is 2.58. The van der Waals surface area contributed by atoms with Crippen LogP contribution in [0.4, 0.5) is 18.9 Å². The van der Waals surface area contributed by atoms with Crippen LogP contribution in [-0.4, -0.2) is 64.3 Å². The standard InChI is InChI=1S/C30H29ClF3N5O3/c31-26-18(15-38(36-26)19-8-12-37(13-9-19)16-29(10-11-29)30(32,33)34)14-17-4-5-22-25-20(17)2-1-3-21(25)28(42)39(22)23-6-7-24(40)35-27(23)41/h1-5,15,19,23H,6-14,16H2,(H,35,40,41). The summed E-state index contributed by atoms with van der Waals surface area (Å²) in [5.41, 5.74) is 1.41. The molecule has 1 N–H and O–H groups in total. The number of nitrogens with one attached hydrogen (secondary N) is 1. The highest BCUT2D eigenvalue weighted by atomic mass is 35.5. The first kappa shape index (κ1) is 27.4. The molecule has 0 spiro atoms. The second-order valence-corrected chi connectivity index (χ2v) is 12.4. The number of likely N-dealkylation sites (tertiary alicyclic amines) is 1. The molecule has 3 aliphatic heterocycles. The van der Waals surface area contributed by atoms with Crippen molar-refractivity contribution in [3.05, 3.63) is 58.4 Å². The summed E-state index contributed by atoms with van der Waals surface area (Å²) in [6, 6.07) is 8.60. The highest BCUT2D eigenvalue weighted by Gasteiger charge is 2.63. The van der Waals surface area contributed by atoms with Crippen molar-refractivity contribution < 1.29 is 27.6 Å². The number of carbonyl (C=O) groups is 3. The second kappa shape index (κ2) is 9.80. The summed E-state index contributed by atoms with van der Waals surface area (Å²) in [5, 5.41) is 8.92. The molecule has 1 aliphatic carbocycles. The van der Waals surface area contributed by atoms with Crippen LogP contribution in [0.2, 0.25) is 5.15 Å². The number of hydrogen-bond donors (Lipinski definition) is 1. The van der Waals surface area contributed by atoms with Gasteiger partial charge in [-0.1, -0.05) is 29.8 Å². The van der Waals surface area contributed by atoms with Crippen LogP contribution in [0.5, 0.6) is 0 Å². The maximum atomic E-state index is 13.4. The fourth-order valence-corrected chi connectivity index (χ4v) is 7.03. The molecule has 8 nitrogen and oxygen atoms in total. The molecule has 2 saturated heterocycles. The normalized spacial score (nSPS) is 22.7. The van der Waals surface area contributed by atoms with Gasteiger partial charge in [0.1, 0.15) is 6.04 Å². The van der Waals surface area contributed by atoms with Gasteiger partial charge >= 0.3 is 6.18 Å². The van der Waals surface area contributed by atoms with Crippen molar-refractivity contribution in [2.24, 2.45) is 5.41 Å². The van der Waals surface area contributed by atoms with E-state index in [9.17, 15) is 27.6 Å². The molecule has 3 amide bonds. The van der Waals surface area contributed by atoms with Crippen molar-refractivity contribution in [3.63, 3.8) is 0 Å². The molecule has 220 valence electrons. The van der Waals surface area contributed by atoms with Crippen LogP contribution in [0.3, 0.4) is 0 Å². The summed E-state index contributed by atoms with van der Waals surface area (Å²) in [6.07, 6.45) is 0.522. The zero-order valence-corrected chi connectivity index (χ0v) is 23.5. The molecular weight excluding hydrogens is 571 g/mol. The summed E-state index contributed by atoms with van der Waals surface area (Å²) in [4.78, 5) is 41.1. The van der Waals surface area contributed by atoms with Crippen LogP contribution in [0.1, 0.15) is 66.1 Å². The van der Waals surface area contributed by atoms with Gasteiger partial charge in [0.2, 0.25) is 11.8 Å². The minimum absolute atomic E-state index is 0.0565. The molecule has 7 rings (SSSR count). The zero-order chi connectivity index (χ0) is 29.4. The lowest BCUT2D eigenvalue weighted by molar-refractivity contribution is -0.192. The van der Waals surface area contributed by atoms with E-state index in [4.69, 9.17) is 11.6 Å². The number of amides is 3. The lowest BCUT2D eigenvalue weighted by Gasteiger charge is -2.35. The van der Waals surface area contributed by atoms with Crippen molar-refractivity contribution in [2.45, 2.75) is 63.2 Å². The van der Waals surface area contributed by atoms with Gasteiger partial charge in [0.25, 0.3) is 5.91 Å². The molecule has 0 radical (unpaired) electrons. The lowest BCUT2D eigenvalue weighted by Crippen LogP contribution is -2.53. The average Bonchev–Trinajstić information content (AvgIpc) is 3.58. The molecule has 1 saturated carbocycles. The quantitative estimate of drug-likeness (QED) is 0.402. The van der Waals surface area contributed by atoms with E-state index in [0.717, 1.165) is 21.9 Å². The number of nitrogens with zero attached hydrogens (tertiary/aromatic N) is 4. The molecule has 1 aromatic heterocycles.